The Bertz CT molecular complexity index is 271. The molecule has 0 radical (unpaired) electrons. The SMILES string of the molecule is C=C(C)C(=O)OC(CC)[SiH2]O[Si](OC)(OC)OC. The van der Waals surface area contributed by atoms with Crippen LogP contribution in [0.1, 0.15) is 20.3 Å². The molecule has 0 aliphatic rings. The zero-order chi connectivity index (χ0) is 14.2. The summed E-state index contributed by atoms with van der Waals surface area (Å²) in [7, 11) is 0.190. The fourth-order valence-corrected chi connectivity index (χ4v) is 5.04. The monoisotopic (exact) mass is 294 g/mol. The minimum absolute atomic E-state index is 0.249. The molecule has 6 nitrogen and oxygen atoms in total. The summed E-state index contributed by atoms with van der Waals surface area (Å²) >= 11 is 0. The molecule has 0 aromatic heterocycles. The first kappa shape index (κ1) is 17.5. The Labute approximate surface area is 112 Å². The van der Waals surface area contributed by atoms with Crippen LogP contribution in [0.25, 0.3) is 0 Å². The van der Waals surface area contributed by atoms with Crippen molar-refractivity contribution in [2.45, 2.75) is 26.0 Å². The first-order chi connectivity index (χ1) is 8.44. The van der Waals surface area contributed by atoms with E-state index in [1.807, 2.05) is 6.92 Å². The summed E-state index contributed by atoms with van der Waals surface area (Å²) in [4.78, 5) is 11.4. The molecule has 0 aromatic rings. The molecule has 8 heteroatoms. The second-order valence-electron chi connectivity index (χ2n) is 3.64. The van der Waals surface area contributed by atoms with Crippen LogP contribution in [-0.4, -0.2) is 51.8 Å². The van der Waals surface area contributed by atoms with Gasteiger partial charge in [0.15, 0.2) is 9.76 Å². The molecule has 1 atom stereocenters. The molecule has 0 amide bonds. The Hall–Kier alpha value is -0.516. The highest BCUT2D eigenvalue weighted by atomic mass is 28.4. The predicted octanol–water partition coefficient (Wildman–Crippen LogP) is 0.317. The van der Waals surface area contributed by atoms with Crippen LogP contribution >= 0.6 is 0 Å². The smallest absolute Gasteiger partial charge is 0.461 e. The van der Waals surface area contributed by atoms with Crippen LogP contribution in [0.5, 0.6) is 0 Å². The third-order valence-corrected chi connectivity index (χ3v) is 6.97. The van der Waals surface area contributed by atoms with Crippen molar-refractivity contribution in [3.63, 3.8) is 0 Å². The average molecular weight is 294 g/mol. The lowest BCUT2D eigenvalue weighted by Crippen LogP contribution is -2.49. The maximum atomic E-state index is 11.4. The van der Waals surface area contributed by atoms with Crippen LogP contribution in [0.15, 0.2) is 12.2 Å². The lowest BCUT2D eigenvalue weighted by molar-refractivity contribution is -0.141. The van der Waals surface area contributed by atoms with E-state index in [1.54, 1.807) is 6.92 Å². The van der Waals surface area contributed by atoms with E-state index >= 15 is 0 Å². The maximum absolute atomic E-state index is 11.4. The minimum atomic E-state index is -3.03. The number of carbonyl (C=O) groups excluding carboxylic acids is 1. The van der Waals surface area contributed by atoms with Gasteiger partial charge in [-0.05, 0) is 13.3 Å². The summed E-state index contributed by atoms with van der Waals surface area (Å²) in [5.74, 6) is -0.405. The molecular formula is C10H22O6Si2. The van der Waals surface area contributed by atoms with E-state index in [0.717, 1.165) is 0 Å². The van der Waals surface area contributed by atoms with E-state index in [-0.39, 0.29) is 5.73 Å². The Balaban J connectivity index is 4.37. The second kappa shape index (κ2) is 8.56. The van der Waals surface area contributed by atoms with Crippen molar-refractivity contribution in [2.24, 2.45) is 0 Å². The lowest BCUT2D eigenvalue weighted by atomic mass is 10.4. The van der Waals surface area contributed by atoms with Crippen LogP contribution in [0.4, 0.5) is 0 Å². The van der Waals surface area contributed by atoms with Crippen molar-refractivity contribution in [3.05, 3.63) is 12.2 Å². The number of carbonyl (C=O) groups is 1. The first-order valence-corrected chi connectivity index (χ1v) is 8.63. The van der Waals surface area contributed by atoms with Crippen LogP contribution in [0, 0.1) is 0 Å². The number of esters is 1. The third-order valence-electron chi connectivity index (χ3n) is 2.27. The van der Waals surface area contributed by atoms with Gasteiger partial charge in [-0.3, -0.25) is 0 Å². The van der Waals surface area contributed by atoms with Crippen LogP contribution in [0.3, 0.4) is 0 Å². The van der Waals surface area contributed by atoms with Gasteiger partial charge < -0.3 is 22.1 Å². The van der Waals surface area contributed by atoms with Gasteiger partial charge in [-0.15, -0.1) is 0 Å². The van der Waals surface area contributed by atoms with Gasteiger partial charge in [-0.2, -0.15) is 0 Å². The number of hydrogen-bond donors (Lipinski definition) is 0. The van der Waals surface area contributed by atoms with Gasteiger partial charge in [0.05, 0.1) is 0 Å². The normalized spacial score (nSPS) is 13.8. The van der Waals surface area contributed by atoms with Crippen molar-refractivity contribution in [1.29, 1.82) is 0 Å². The van der Waals surface area contributed by atoms with Crippen molar-refractivity contribution in [2.75, 3.05) is 21.3 Å². The highest BCUT2D eigenvalue weighted by Gasteiger charge is 2.42. The Morgan fingerprint density at radius 3 is 2.11 bits per heavy atom. The van der Waals surface area contributed by atoms with E-state index in [4.69, 9.17) is 22.1 Å². The summed E-state index contributed by atoms with van der Waals surface area (Å²) in [5.41, 5.74) is 0.123. The molecule has 0 aromatic carbocycles. The molecular weight excluding hydrogens is 272 g/mol. The zero-order valence-electron chi connectivity index (χ0n) is 11.6. The molecule has 0 aliphatic carbocycles. The summed E-state index contributed by atoms with van der Waals surface area (Å²) in [6, 6.07) is 0. The van der Waals surface area contributed by atoms with Gasteiger partial charge in [0, 0.05) is 26.9 Å². The van der Waals surface area contributed by atoms with E-state index in [1.165, 1.54) is 21.3 Å². The third kappa shape index (κ3) is 5.42. The molecule has 0 heterocycles. The van der Waals surface area contributed by atoms with Crippen molar-refractivity contribution in [1.82, 2.24) is 0 Å². The molecule has 0 bridgehead atoms. The molecule has 0 N–H and O–H groups in total. The zero-order valence-corrected chi connectivity index (χ0v) is 14.1. The summed E-state index contributed by atoms with van der Waals surface area (Å²) in [6.07, 6.45) is 0.673. The molecule has 0 aliphatic heterocycles. The fraction of sp³-hybridized carbons (Fsp3) is 0.700. The quantitative estimate of drug-likeness (QED) is 0.347. The van der Waals surface area contributed by atoms with Crippen molar-refractivity contribution >= 4 is 24.8 Å². The predicted molar refractivity (Wildman–Crippen MR) is 71.4 cm³/mol. The van der Waals surface area contributed by atoms with Gasteiger partial charge >= 0.3 is 15.0 Å². The molecule has 0 saturated heterocycles. The Morgan fingerprint density at radius 2 is 1.78 bits per heavy atom. The maximum Gasteiger partial charge on any atom is 0.667 e. The highest BCUT2D eigenvalue weighted by molar-refractivity contribution is 6.60. The Kier molecular flexibility index (Phi) is 8.32. The number of hydrogen-bond acceptors (Lipinski definition) is 6. The largest absolute Gasteiger partial charge is 0.667 e. The molecule has 18 heavy (non-hydrogen) atoms. The fourth-order valence-electron chi connectivity index (χ4n) is 1.11. The van der Waals surface area contributed by atoms with E-state index in [9.17, 15) is 4.79 Å². The molecule has 106 valence electrons. The second-order valence-corrected chi connectivity index (χ2v) is 8.26. The minimum Gasteiger partial charge on any atom is -0.461 e. The van der Waals surface area contributed by atoms with Crippen LogP contribution in [-0.2, 0) is 26.9 Å². The molecule has 0 saturated carbocycles. The molecule has 1 unspecified atom stereocenters. The molecule has 0 rings (SSSR count). The standard InChI is InChI=1S/C10H22O6Si2/c1-7-9(15-10(11)8(2)3)17-16-18(12-4,13-5)14-6/h9H,2,7,17H2,1,3-6H3. The highest BCUT2D eigenvalue weighted by Crippen LogP contribution is 2.10. The summed E-state index contributed by atoms with van der Waals surface area (Å²) in [6.45, 7) is 7.06. The van der Waals surface area contributed by atoms with Gasteiger partial charge in [-0.25, -0.2) is 4.79 Å². The van der Waals surface area contributed by atoms with Gasteiger partial charge in [0.1, 0.15) is 5.73 Å². The molecule has 0 fully saturated rings. The van der Waals surface area contributed by atoms with Gasteiger partial charge in [-0.1, -0.05) is 13.5 Å². The first-order valence-electron chi connectivity index (χ1n) is 5.60. The summed E-state index contributed by atoms with van der Waals surface area (Å²) in [5, 5.41) is 0. The number of ether oxygens (including phenoxy) is 1. The number of rotatable bonds is 9. The van der Waals surface area contributed by atoms with Crippen LogP contribution in [0.2, 0.25) is 0 Å². The van der Waals surface area contributed by atoms with Crippen LogP contribution < -0.4 is 0 Å². The topological polar surface area (TPSA) is 63.2 Å². The van der Waals surface area contributed by atoms with Gasteiger partial charge in [0.25, 0.3) is 0 Å². The lowest BCUT2D eigenvalue weighted by Gasteiger charge is -2.25. The van der Waals surface area contributed by atoms with Crippen molar-refractivity contribution in [3.8, 4) is 0 Å². The summed E-state index contributed by atoms with van der Waals surface area (Å²) < 4.78 is 26.3. The van der Waals surface area contributed by atoms with Crippen molar-refractivity contribution < 1.29 is 26.9 Å². The van der Waals surface area contributed by atoms with E-state index < -0.39 is 24.8 Å². The Morgan fingerprint density at radius 1 is 1.28 bits per heavy atom. The van der Waals surface area contributed by atoms with Gasteiger partial charge in [0.2, 0.25) is 0 Å². The van der Waals surface area contributed by atoms with E-state index in [2.05, 4.69) is 6.58 Å². The average Bonchev–Trinajstić information content (AvgIpc) is 2.39. The molecule has 0 spiro atoms. The van der Waals surface area contributed by atoms with E-state index in [0.29, 0.717) is 12.0 Å².